The lowest BCUT2D eigenvalue weighted by atomic mass is 10.2. The Morgan fingerprint density at radius 3 is 2.93 bits per heavy atom. The van der Waals surface area contributed by atoms with Gasteiger partial charge in [0.1, 0.15) is 0 Å². The van der Waals surface area contributed by atoms with Crippen molar-refractivity contribution in [1.29, 1.82) is 0 Å². The second-order valence-electron chi connectivity index (χ2n) is 3.18. The van der Waals surface area contributed by atoms with E-state index in [2.05, 4.69) is 18.5 Å². The molecule has 1 fully saturated rings. The van der Waals surface area contributed by atoms with Gasteiger partial charge in [-0.15, -0.1) is 0 Å². The first-order valence-corrected chi connectivity index (χ1v) is 4.78. The summed E-state index contributed by atoms with van der Waals surface area (Å²) >= 11 is 0. The van der Waals surface area contributed by atoms with Crippen LogP contribution in [0.25, 0.3) is 0 Å². The van der Waals surface area contributed by atoms with Gasteiger partial charge < -0.3 is 5.32 Å². The molecule has 0 radical (unpaired) electrons. The molecule has 0 aromatic carbocycles. The molecule has 2 amide bonds. The van der Waals surface area contributed by atoms with E-state index in [9.17, 15) is 4.79 Å². The Kier molecular flexibility index (Phi) is 3.51. The van der Waals surface area contributed by atoms with Gasteiger partial charge in [0.2, 0.25) is 0 Å². The van der Waals surface area contributed by atoms with Crippen LogP contribution in [0.1, 0.15) is 19.8 Å². The number of amides is 2. The Morgan fingerprint density at radius 2 is 2.43 bits per heavy atom. The number of rotatable bonds is 3. The Bertz CT molecular complexity index is 292. The van der Waals surface area contributed by atoms with Gasteiger partial charge in [0, 0.05) is 24.4 Å². The van der Waals surface area contributed by atoms with Crippen LogP contribution in [-0.4, -0.2) is 17.5 Å². The topological polar surface area (TPSA) is 32.3 Å². The molecule has 0 aromatic rings. The highest BCUT2D eigenvalue weighted by atomic mass is 16.2. The molecule has 0 spiro atoms. The van der Waals surface area contributed by atoms with Crippen molar-refractivity contribution in [2.75, 3.05) is 6.54 Å². The molecule has 0 aromatic heterocycles. The third-order valence-corrected chi connectivity index (χ3v) is 2.10. The normalized spacial score (nSPS) is 18.1. The van der Waals surface area contributed by atoms with Gasteiger partial charge in [-0.25, -0.2) is 4.79 Å². The van der Waals surface area contributed by atoms with Crippen molar-refractivity contribution in [3.8, 4) is 0 Å². The molecule has 0 saturated carbocycles. The van der Waals surface area contributed by atoms with E-state index in [4.69, 9.17) is 0 Å². The molecule has 1 aliphatic heterocycles. The monoisotopic (exact) mass is 192 g/mol. The van der Waals surface area contributed by atoms with Crippen LogP contribution in [0.15, 0.2) is 36.7 Å². The first-order valence-electron chi connectivity index (χ1n) is 4.78. The average Bonchev–Trinajstić information content (AvgIpc) is 2.15. The van der Waals surface area contributed by atoms with Gasteiger partial charge in [0.15, 0.2) is 0 Å². The van der Waals surface area contributed by atoms with Crippen LogP contribution in [0.3, 0.4) is 0 Å². The average molecular weight is 192 g/mol. The molecular formula is C11H16N2O. The number of hydrogen-bond donors (Lipinski definition) is 1. The largest absolute Gasteiger partial charge is 0.326 e. The van der Waals surface area contributed by atoms with Gasteiger partial charge in [-0.2, -0.15) is 0 Å². The van der Waals surface area contributed by atoms with Crippen molar-refractivity contribution in [1.82, 2.24) is 10.2 Å². The number of allylic oxidation sites excluding steroid dienone is 2. The maximum absolute atomic E-state index is 11.5. The predicted molar refractivity (Wildman–Crippen MR) is 57.6 cm³/mol. The zero-order chi connectivity index (χ0) is 10.6. The Hall–Kier alpha value is -1.51. The summed E-state index contributed by atoms with van der Waals surface area (Å²) < 4.78 is 0. The first-order chi connectivity index (χ1) is 6.69. The van der Waals surface area contributed by atoms with Gasteiger partial charge in [-0.1, -0.05) is 26.2 Å². The summed E-state index contributed by atoms with van der Waals surface area (Å²) in [5.41, 5.74) is 1.66. The van der Waals surface area contributed by atoms with E-state index >= 15 is 0 Å². The standard InChI is InChI=1S/C11H16N2O/c1-4-6-10(5-2)13-8-7-9(3)12-11(13)14/h5-6H,2-4,7-8H2,1H3,(H,12,14)/b10-6+. The second kappa shape index (κ2) is 4.65. The van der Waals surface area contributed by atoms with Gasteiger partial charge in [0.05, 0.1) is 0 Å². The van der Waals surface area contributed by atoms with Crippen LogP contribution in [0.5, 0.6) is 0 Å². The summed E-state index contributed by atoms with van der Waals surface area (Å²) in [5, 5.41) is 2.71. The van der Waals surface area contributed by atoms with Crippen molar-refractivity contribution >= 4 is 6.03 Å². The second-order valence-corrected chi connectivity index (χ2v) is 3.18. The minimum Gasteiger partial charge on any atom is -0.312 e. The fraction of sp³-hybridized carbons (Fsp3) is 0.364. The molecule has 3 heteroatoms. The van der Waals surface area contributed by atoms with Crippen molar-refractivity contribution in [2.45, 2.75) is 19.8 Å². The maximum atomic E-state index is 11.5. The van der Waals surface area contributed by atoms with Crippen molar-refractivity contribution in [3.05, 3.63) is 36.7 Å². The molecule has 0 unspecified atom stereocenters. The summed E-state index contributed by atoms with van der Waals surface area (Å²) in [7, 11) is 0. The lowest BCUT2D eigenvalue weighted by molar-refractivity contribution is 0.208. The molecule has 1 heterocycles. The quantitative estimate of drug-likeness (QED) is 0.684. The van der Waals surface area contributed by atoms with Crippen LogP contribution in [-0.2, 0) is 0 Å². The van der Waals surface area contributed by atoms with E-state index in [1.54, 1.807) is 11.0 Å². The number of nitrogens with one attached hydrogen (secondary N) is 1. The predicted octanol–water partition coefficient (Wildman–Crippen LogP) is 2.40. The third kappa shape index (κ3) is 2.25. The van der Waals surface area contributed by atoms with Crippen LogP contribution < -0.4 is 5.32 Å². The van der Waals surface area contributed by atoms with Crippen LogP contribution in [0.2, 0.25) is 0 Å². The molecule has 1 N–H and O–H groups in total. The number of urea groups is 1. The minimum atomic E-state index is -0.110. The van der Waals surface area contributed by atoms with Crippen LogP contribution in [0, 0.1) is 0 Å². The zero-order valence-electron chi connectivity index (χ0n) is 8.55. The lowest BCUT2D eigenvalue weighted by Crippen LogP contribution is -2.43. The molecule has 3 nitrogen and oxygen atoms in total. The highest BCUT2D eigenvalue weighted by molar-refractivity contribution is 5.79. The van der Waals surface area contributed by atoms with Crippen molar-refractivity contribution < 1.29 is 4.79 Å². The third-order valence-electron chi connectivity index (χ3n) is 2.10. The lowest BCUT2D eigenvalue weighted by Gasteiger charge is -2.29. The molecule has 0 atom stereocenters. The van der Waals surface area contributed by atoms with Gasteiger partial charge in [-0.3, -0.25) is 4.90 Å². The first kappa shape index (κ1) is 10.6. The molecule has 0 aliphatic carbocycles. The SMILES string of the molecule is C=C/C(=C\CC)N1CCC(=C)NC1=O. The van der Waals surface area contributed by atoms with Crippen LogP contribution in [0.4, 0.5) is 4.79 Å². The summed E-state index contributed by atoms with van der Waals surface area (Å²) in [6.07, 6.45) is 5.38. The van der Waals surface area contributed by atoms with Crippen molar-refractivity contribution in [3.63, 3.8) is 0 Å². The number of hydrogen-bond acceptors (Lipinski definition) is 1. The molecule has 14 heavy (non-hydrogen) atoms. The van der Waals surface area contributed by atoms with E-state index in [0.29, 0.717) is 6.54 Å². The molecule has 1 saturated heterocycles. The maximum Gasteiger partial charge on any atom is 0.326 e. The van der Waals surface area contributed by atoms with E-state index < -0.39 is 0 Å². The number of carbonyl (C=O) groups is 1. The number of nitrogens with zero attached hydrogens (tertiary/aromatic N) is 1. The highest BCUT2D eigenvalue weighted by Gasteiger charge is 2.21. The summed E-state index contributed by atoms with van der Waals surface area (Å²) in [5.74, 6) is 0. The summed E-state index contributed by atoms with van der Waals surface area (Å²) in [4.78, 5) is 13.2. The van der Waals surface area contributed by atoms with E-state index in [1.807, 2.05) is 13.0 Å². The zero-order valence-corrected chi connectivity index (χ0v) is 8.55. The van der Waals surface area contributed by atoms with Gasteiger partial charge in [0.25, 0.3) is 0 Å². The Morgan fingerprint density at radius 1 is 1.71 bits per heavy atom. The Balaban J connectivity index is 2.77. The van der Waals surface area contributed by atoms with Gasteiger partial charge in [-0.05, 0) is 12.5 Å². The van der Waals surface area contributed by atoms with Crippen molar-refractivity contribution in [2.24, 2.45) is 0 Å². The molecule has 0 bridgehead atoms. The Labute approximate surface area is 84.8 Å². The summed E-state index contributed by atoms with van der Waals surface area (Å²) in [6, 6.07) is -0.110. The molecular weight excluding hydrogens is 176 g/mol. The van der Waals surface area contributed by atoms with E-state index in [1.165, 1.54) is 0 Å². The minimum absolute atomic E-state index is 0.110. The van der Waals surface area contributed by atoms with E-state index in [-0.39, 0.29) is 6.03 Å². The number of carbonyl (C=O) groups excluding carboxylic acids is 1. The summed E-state index contributed by atoms with van der Waals surface area (Å²) in [6.45, 7) is 10.1. The van der Waals surface area contributed by atoms with E-state index in [0.717, 1.165) is 24.2 Å². The fourth-order valence-electron chi connectivity index (χ4n) is 1.39. The molecule has 76 valence electrons. The molecule has 1 aliphatic rings. The van der Waals surface area contributed by atoms with Gasteiger partial charge >= 0.3 is 6.03 Å². The van der Waals surface area contributed by atoms with Crippen LogP contribution >= 0.6 is 0 Å². The highest BCUT2D eigenvalue weighted by Crippen LogP contribution is 2.14. The smallest absolute Gasteiger partial charge is 0.312 e. The molecule has 1 rings (SSSR count). The fourth-order valence-corrected chi connectivity index (χ4v) is 1.39.